The van der Waals surface area contributed by atoms with E-state index < -0.39 is 27.4 Å². The molecule has 3 N–H and O–H groups in total. The van der Waals surface area contributed by atoms with Gasteiger partial charge in [-0.25, -0.2) is 17.5 Å². The summed E-state index contributed by atoms with van der Waals surface area (Å²) in [6, 6.07) is 1.78. The molecule has 1 heterocycles. The maximum absolute atomic E-state index is 13.7. The van der Waals surface area contributed by atoms with Crippen molar-refractivity contribution in [1.29, 1.82) is 0 Å². The molecule has 7 heteroatoms. The minimum Gasteiger partial charge on any atom is -0.492 e. The second-order valence-electron chi connectivity index (χ2n) is 5.92. The molecule has 1 atom stereocenters. The van der Waals surface area contributed by atoms with Crippen molar-refractivity contribution in [3.8, 4) is 5.75 Å². The summed E-state index contributed by atoms with van der Waals surface area (Å²) in [6.07, 6.45) is 0.530. The van der Waals surface area contributed by atoms with Crippen LogP contribution in [0.25, 0.3) is 0 Å². The largest absolute Gasteiger partial charge is 0.492 e. The summed E-state index contributed by atoms with van der Waals surface area (Å²) in [5.74, 6) is -0.485. The van der Waals surface area contributed by atoms with Crippen molar-refractivity contribution < 1.29 is 17.5 Å². The van der Waals surface area contributed by atoms with E-state index in [2.05, 4.69) is 4.72 Å². The van der Waals surface area contributed by atoms with Gasteiger partial charge in [-0.15, -0.1) is 0 Å². The molecule has 20 heavy (non-hydrogen) atoms. The molecule has 0 bridgehead atoms. The Hall–Kier alpha value is -1.18. The molecular weight excluding hydrogens is 283 g/mol. The first-order valence-corrected chi connectivity index (χ1v) is 7.84. The highest BCUT2D eigenvalue weighted by Crippen LogP contribution is 2.37. The van der Waals surface area contributed by atoms with Crippen molar-refractivity contribution in [1.82, 2.24) is 4.72 Å². The van der Waals surface area contributed by atoms with Crippen molar-refractivity contribution in [2.24, 2.45) is 5.73 Å². The zero-order chi connectivity index (χ0) is 15.1. The van der Waals surface area contributed by atoms with Crippen molar-refractivity contribution in [2.45, 2.75) is 43.7 Å². The van der Waals surface area contributed by atoms with Crippen LogP contribution in [0, 0.1) is 5.82 Å². The Labute approximate surface area is 118 Å². The number of ether oxygens (including phenoxy) is 1. The Morgan fingerprint density at radius 3 is 2.65 bits per heavy atom. The monoisotopic (exact) mass is 302 g/mol. The molecule has 0 amide bonds. The molecule has 1 aliphatic heterocycles. The van der Waals surface area contributed by atoms with E-state index in [4.69, 9.17) is 10.5 Å². The van der Waals surface area contributed by atoms with Crippen molar-refractivity contribution in [3.63, 3.8) is 0 Å². The number of nitrogens with two attached hydrogens (primary N) is 1. The first-order valence-electron chi connectivity index (χ1n) is 6.36. The van der Waals surface area contributed by atoms with Crippen LogP contribution in [0.2, 0.25) is 0 Å². The Kier molecular flexibility index (Phi) is 3.79. The van der Waals surface area contributed by atoms with Gasteiger partial charge < -0.3 is 10.5 Å². The van der Waals surface area contributed by atoms with Crippen LogP contribution in [-0.4, -0.2) is 20.6 Å². The molecule has 0 aromatic heterocycles. The molecule has 0 spiro atoms. The van der Waals surface area contributed by atoms with Gasteiger partial charge in [-0.05, 0) is 32.9 Å². The molecule has 1 aromatic rings. The van der Waals surface area contributed by atoms with Gasteiger partial charge in [0.1, 0.15) is 16.5 Å². The topological polar surface area (TPSA) is 81.4 Å². The maximum Gasteiger partial charge on any atom is 0.244 e. The minimum absolute atomic E-state index is 0.155. The van der Waals surface area contributed by atoms with Crippen molar-refractivity contribution in [2.75, 3.05) is 6.61 Å². The standard InChI is InChI=1S/C13H19FN2O3S/c1-13(2,3)16-20(17,18)11-7-8(14)6-9-10(15)4-5-19-12(9)11/h6-7,10,16H,4-5,15H2,1-3H3. The van der Waals surface area contributed by atoms with Crippen molar-refractivity contribution in [3.05, 3.63) is 23.5 Å². The average molecular weight is 302 g/mol. The highest BCUT2D eigenvalue weighted by atomic mass is 32.2. The minimum atomic E-state index is -3.88. The van der Waals surface area contributed by atoms with Gasteiger partial charge in [0.05, 0.1) is 6.61 Å². The summed E-state index contributed by atoms with van der Waals surface area (Å²) in [5.41, 5.74) is 5.61. The Morgan fingerprint density at radius 1 is 1.40 bits per heavy atom. The fourth-order valence-corrected chi connectivity index (χ4v) is 3.72. The number of hydrogen-bond donors (Lipinski definition) is 2. The second kappa shape index (κ2) is 4.98. The Balaban J connectivity index is 2.58. The van der Waals surface area contributed by atoms with E-state index in [9.17, 15) is 12.8 Å². The summed E-state index contributed by atoms with van der Waals surface area (Å²) in [6.45, 7) is 5.45. The van der Waals surface area contributed by atoms with Crippen LogP contribution in [0.1, 0.15) is 38.8 Å². The number of nitrogens with one attached hydrogen (secondary N) is 1. The van der Waals surface area contributed by atoms with Crippen LogP contribution >= 0.6 is 0 Å². The molecule has 1 aromatic carbocycles. The van der Waals surface area contributed by atoms with E-state index in [-0.39, 0.29) is 10.6 Å². The molecule has 2 rings (SSSR count). The lowest BCUT2D eigenvalue weighted by atomic mass is 10.0. The molecule has 1 aliphatic rings. The third kappa shape index (κ3) is 3.11. The normalized spacial score (nSPS) is 19.4. The van der Waals surface area contributed by atoms with Crippen LogP contribution in [0.5, 0.6) is 5.75 Å². The molecule has 0 saturated heterocycles. The third-order valence-corrected chi connectivity index (χ3v) is 4.62. The number of hydrogen-bond acceptors (Lipinski definition) is 4. The molecule has 0 radical (unpaired) electrons. The van der Waals surface area contributed by atoms with Crippen LogP contribution in [0.15, 0.2) is 17.0 Å². The summed E-state index contributed by atoms with van der Waals surface area (Å²) in [7, 11) is -3.88. The van der Waals surface area contributed by atoms with E-state index in [1.807, 2.05) is 0 Å². The predicted octanol–water partition coefficient (Wildman–Crippen LogP) is 1.68. The third-order valence-electron chi connectivity index (χ3n) is 2.85. The van der Waals surface area contributed by atoms with Gasteiger partial charge in [-0.2, -0.15) is 0 Å². The lowest BCUT2D eigenvalue weighted by molar-refractivity contribution is 0.260. The van der Waals surface area contributed by atoms with Crippen LogP contribution < -0.4 is 15.2 Å². The molecular formula is C13H19FN2O3S. The molecule has 1 unspecified atom stereocenters. The van der Waals surface area contributed by atoms with Gasteiger partial charge in [-0.1, -0.05) is 0 Å². The number of fused-ring (bicyclic) bond motifs is 1. The Bertz CT molecular complexity index is 623. The summed E-state index contributed by atoms with van der Waals surface area (Å²) >= 11 is 0. The Morgan fingerprint density at radius 2 is 2.05 bits per heavy atom. The molecule has 0 aliphatic carbocycles. The lowest BCUT2D eigenvalue weighted by Crippen LogP contribution is -2.41. The molecule has 5 nitrogen and oxygen atoms in total. The van der Waals surface area contributed by atoms with Gasteiger partial charge in [0, 0.05) is 23.6 Å². The molecule has 0 fully saturated rings. The van der Waals surface area contributed by atoms with E-state index in [0.29, 0.717) is 18.6 Å². The maximum atomic E-state index is 13.7. The fourth-order valence-electron chi connectivity index (χ4n) is 2.12. The summed E-state index contributed by atoms with van der Waals surface area (Å²) in [4.78, 5) is -0.197. The predicted molar refractivity (Wildman–Crippen MR) is 73.5 cm³/mol. The molecule has 0 saturated carbocycles. The van der Waals surface area contributed by atoms with Gasteiger partial charge in [0.2, 0.25) is 10.0 Å². The summed E-state index contributed by atoms with van der Waals surface area (Å²) in [5, 5.41) is 0. The second-order valence-corrected chi connectivity index (χ2v) is 7.57. The first-order chi connectivity index (χ1) is 9.10. The summed E-state index contributed by atoms with van der Waals surface area (Å²) < 4.78 is 46.4. The van der Waals surface area contributed by atoms with Gasteiger partial charge in [-0.3, -0.25) is 0 Å². The number of halogens is 1. The quantitative estimate of drug-likeness (QED) is 0.871. The van der Waals surface area contributed by atoms with E-state index in [1.54, 1.807) is 20.8 Å². The van der Waals surface area contributed by atoms with Crippen molar-refractivity contribution >= 4 is 10.0 Å². The zero-order valence-corrected chi connectivity index (χ0v) is 12.6. The fraction of sp³-hybridized carbons (Fsp3) is 0.538. The van der Waals surface area contributed by atoms with Crippen LogP contribution in [-0.2, 0) is 10.0 Å². The molecule has 112 valence electrons. The SMILES string of the molecule is CC(C)(C)NS(=O)(=O)c1cc(F)cc2c1OCCC2N. The number of rotatable bonds is 2. The highest BCUT2D eigenvalue weighted by Gasteiger charge is 2.31. The van der Waals surface area contributed by atoms with Gasteiger partial charge in [0.15, 0.2) is 0 Å². The first kappa shape index (κ1) is 15.2. The van der Waals surface area contributed by atoms with Gasteiger partial charge in [0.25, 0.3) is 0 Å². The van der Waals surface area contributed by atoms with Crippen LogP contribution in [0.4, 0.5) is 4.39 Å². The highest BCUT2D eigenvalue weighted by molar-refractivity contribution is 7.89. The van der Waals surface area contributed by atoms with E-state index in [0.717, 1.165) is 6.07 Å². The average Bonchev–Trinajstić information content (AvgIpc) is 2.26. The van der Waals surface area contributed by atoms with Crippen LogP contribution in [0.3, 0.4) is 0 Å². The lowest BCUT2D eigenvalue weighted by Gasteiger charge is -2.27. The number of benzene rings is 1. The van der Waals surface area contributed by atoms with E-state index in [1.165, 1.54) is 6.07 Å². The van der Waals surface area contributed by atoms with Gasteiger partial charge >= 0.3 is 0 Å². The smallest absolute Gasteiger partial charge is 0.244 e. The van der Waals surface area contributed by atoms with E-state index >= 15 is 0 Å². The zero-order valence-electron chi connectivity index (χ0n) is 11.7. The number of sulfonamides is 1.